The Kier molecular flexibility index (Phi) is 7.25. The number of rotatable bonds is 7. The van der Waals surface area contributed by atoms with Crippen LogP contribution in [0.1, 0.15) is 23.7 Å². The summed E-state index contributed by atoms with van der Waals surface area (Å²) in [5, 5.41) is 7.80. The van der Waals surface area contributed by atoms with Crippen LogP contribution >= 0.6 is 11.6 Å². The summed E-state index contributed by atoms with van der Waals surface area (Å²) in [5.41, 5.74) is 0.299. The molecule has 0 fully saturated rings. The molecular formula is C14H18ClN3O3. The van der Waals surface area contributed by atoms with Crippen LogP contribution in [0.3, 0.4) is 0 Å². The summed E-state index contributed by atoms with van der Waals surface area (Å²) in [6, 6.07) is 6.54. The van der Waals surface area contributed by atoms with Gasteiger partial charge in [0.1, 0.15) is 0 Å². The van der Waals surface area contributed by atoms with Gasteiger partial charge in [-0.2, -0.15) is 0 Å². The maximum absolute atomic E-state index is 11.8. The fourth-order valence-corrected chi connectivity index (χ4v) is 1.69. The Morgan fingerprint density at radius 2 is 1.62 bits per heavy atom. The summed E-state index contributed by atoms with van der Waals surface area (Å²) in [6.07, 6.45) is 0.827. The first-order valence-electron chi connectivity index (χ1n) is 6.60. The molecule has 0 saturated heterocycles. The van der Waals surface area contributed by atoms with Crippen molar-refractivity contribution in [2.45, 2.75) is 13.3 Å². The van der Waals surface area contributed by atoms with Crippen molar-refractivity contribution in [3.05, 3.63) is 34.9 Å². The van der Waals surface area contributed by atoms with Gasteiger partial charge in [-0.1, -0.05) is 30.7 Å². The van der Waals surface area contributed by atoms with Gasteiger partial charge in [-0.25, -0.2) is 0 Å². The molecule has 0 aliphatic rings. The third-order valence-corrected chi connectivity index (χ3v) is 2.88. The van der Waals surface area contributed by atoms with Gasteiger partial charge in [-0.15, -0.1) is 0 Å². The third kappa shape index (κ3) is 6.27. The van der Waals surface area contributed by atoms with Gasteiger partial charge >= 0.3 is 0 Å². The molecule has 7 heteroatoms. The second kappa shape index (κ2) is 8.97. The second-order valence-corrected chi connectivity index (χ2v) is 4.70. The Morgan fingerprint density at radius 3 is 2.29 bits per heavy atom. The maximum atomic E-state index is 11.8. The molecule has 0 aliphatic heterocycles. The van der Waals surface area contributed by atoms with E-state index in [9.17, 15) is 14.4 Å². The van der Waals surface area contributed by atoms with E-state index in [0.717, 1.165) is 6.42 Å². The molecule has 0 saturated carbocycles. The lowest BCUT2D eigenvalue weighted by Crippen LogP contribution is -2.42. The Hall–Kier alpha value is -2.08. The Morgan fingerprint density at radius 1 is 1.00 bits per heavy atom. The van der Waals surface area contributed by atoms with Crippen molar-refractivity contribution in [3.8, 4) is 0 Å². The van der Waals surface area contributed by atoms with Crippen LogP contribution < -0.4 is 16.0 Å². The van der Waals surface area contributed by atoms with Gasteiger partial charge in [0.2, 0.25) is 11.8 Å². The highest BCUT2D eigenvalue weighted by Crippen LogP contribution is 2.14. The smallest absolute Gasteiger partial charge is 0.253 e. The van der Waals surface area contributed by atoms with Crippen molar-refractivity contribution < 1.29 is 14.4 Å². The lowest BCUT2D eigenvalue weighted by Gasteiger charge is -2.08. The fourth-order valence-electron chi connectivity index (χ4n) is 1.47. The van der Waals surface area contributed by atoms with E-state index in [1.807, 2.05) is 6.92 Å². The average Bonchev–Trinajstić information content (AvgIpc) is 2.48. The van der Waals surface area contributed by atoms with Crippen LogP contribution in [0, 0.1) is 0 Å². The number of nitrogens with one attached hydrogen (secondary N) is 3. The van der Waals surface area contributed by atoms with Gasteiger partial charge in [-0.3, -0.25) is 14.4 Å². The minimum Gasteiger partial charge on any atom is -0.355 e. The minimum absolute atomic E-state index is 0.110. The lowest BCUT2D eigenvalue weighted by atomic mass is 10.2. The van der Waals surface area contributed by atoms with Gasteiger partial charge < -0.3 is 16.0 Å². The molecule has 0 atom stereocenters. The molecule has 0 radical (unpaired) electrons. The summed E-state index contributed by atoms with van der Waals surface area (Å²) in [5.74, 6) is -1.14. The zero-order chi connectivity index (χ0) is 15.7. The molecule has 0 spiro atoms. The number of benzene rings is 1. The zero-order valence-corrected chi connectivity index (χ0v) is 12.5. The van der Waals surface area contributed by atoms with Crippen LogP contribution in [-0.4, -0.2) is 37.4 Å². The highest BCUT2D eigenvalue weighted by molar-refractivity contribution is 6.33. The molecule has 1 aromatic rings. The number of carbonyl (C=O) groups is 3. The Labute approximate surface area is 128 Å². The van der Waals surface area contributed by atoms with E-state index in [1.165, 1.54) is 0 Å². The van der Waals surface area contributed by atoms with Crippen molar-refractivity contribution >= 4 is 29.3 Å². The van der Waals surface area contributed by atoms with Crippen molar-refractivity contribution in [1.82, 2.24) is 16.0 Å². The summed E-state index contributed by atoms with van der Waals surface area (Å²) >= 11 is 5.87. The highest BCUT2D eigenvalue weighted by atomic mass is 35.5. The topological polar surface area (TPSA) is 87.3 Å². The molecule has 114 valence electrons. The van der Waals surface area contributed by atoms with E-state index in [1.54, 1.807) is 24.3 Å². The van der Waals surface area contributed by atoms with Crippen LogP contribution in [0.25, 0.3) is 0 Å². The van der Waals surface area contributed by atoms with Gasteiger partial charge in [0, 0.05) is 6.54 Å². The first-order chi connectivity index (χ1) is 10.0. The van der Waals surface area contributed by atoms with Crippen molar-refractivity contribution in [1.29, 1.82) is 0 Å². The van der Waals surface area contributed by atoms with Gasteiger partial charge in [0.05, 0.1) is 23.7 Å². The van der Waals surface area contributed by atoms with Crippen LogP contribution in [-0.2, 0) is 9.59 Å². The number of carbonyl (C=O) groups excluding carboxylic acids is 3. The van der Waals surface area contributed by atoms with Gasteiger partial charge in [-0.05, 0) is 18.6 Å². The van der Waals surface area contributed by atoms with Crippen LogP contribution in [0.15, 0.2) is 24.3 Å². The standard InChI is InChI=1S/C14H18ClN3O3/c1-2-7-16-12(19)8-17-13(20)9-18-14(21)10-5-3-4-6-11(10)15/h3-6H,2,7-9H2,1H3,(H,16,19)(H,17,20)(H,18,21). The SMILES string of the molecule is CCCNC(=O)CNC(=O)CNC(=O)c1ccccc1Cl. The normalized spacial score (nSPS) is 9.81. The second-order valence-electron chi connectivity index (χ2n) is 4.29. The molecule has 3 amide bonds. The van der Waals surface area contributed by atoms with E-state index in [4.69, 9.17) is 11.6 Å². The third-order valence-electron chi connectivity index (χ3n) is 2.55. The zero-order valence-electron chi connectivity index (χ0n) is 11.7. The van der Waals surface area contributed by atoms with Crippen LogP contribution in [0.4, 0.5) is 0 Å². The first-order valence-corrected chi connectivity index (χ1v) is 6.98. The molecule has 0 bridgehead atoms. The highest BCUT2D eigenvalue weighted by Gasteiger charge is 2.11. The van der Waals surface area contributed by atoms with E-state index >= 15 is 0 Å². The van der Waals surface area contributed by atoms with Crippen molar-refractivity contribution in [3.63, 3.8) is 0 Å². The van der Waals surface area contributed by atoms with Gasteiger partial charge in [0.15, 0.2) is 0 Å². The molecule has 0 unspecified atom stereocenters. The van der Waals surface area contributed by atoms with Crippen LogP contribution in [0.2, 0.25) is 5.02 Å². The molecule has 0 heterocycles. The molecule has 21 heavy (non-hydrogen) atoms. The van der Waals surface area contributed by atoms with Gasteiger partial charge in [0.25, 0.3) is 5.91 Å². The van der Waals surface area contributed by atoms with Crippen molar-refractivity contribution in [2.75, 3.05) is 19.6 Å². The Bertz CT molecular complexity index is 520. The summed E-state index contributed by atoms with van der Waals surface area (Å²) in [6.45, 7) is 2.17. The lowest BCUT2D eigenvalue weighted by molar-refractivity contribution is -0.125. The summed E-state index contributed by atoms with van der Waals surface area (Å²) in [4.78, 5) is 34.6. The number of hydrogen-bond donors (Lipinski definition) is 3. The van der Waals surface area contributed by atoms with Crippen LogP contribution in [0.5, 0.6) is 0 Å². The first kappa shape index (κ1) is 17.0. The van der Waals surface area contributed by atoms with E-state index in [-0.39, 0.29) is 19.0 Å². The average molecular weight is 312 g/mol. The molecule has 1 rings (SSSR count). The fraction of sp³-hybridized carbons (Fsp3) is 0.357. The molecule has 0 aliphatic carbocycles. The maximum Gasteiger partial charge on any atom is 0.253 e. The molecule has 3 N–H and O–H groups in total. The monoisotopic (exact) mass is 311 g/mol. The largest absolute Gasteiger partial charge is 0.355 e. The number of hydrogen-bond acceptors (Lipinski definition) is 3. The molecule has 0 aromatic heterocycles. The minimum atomic E-state index is -0.443. The number of halogens is 1. The summed E-state index contributed by atoms with van der Waals surface area (Å²) < 4.78 is 0. The predicted molar refractivity (Wildman–Crippen MR) is 80.1 cm³/mol. The van der Waals surface area contributed by atoms with E-state index in [0.29, 0.717) is 17.1 Å². The number of amides is 3. The van der Waals surface area contributed by atoms with E-state index in [2.05, 4.69) is 16.0 Å². The predicted octanol–water partition coefficient (Wildman–Crippen LogP) is 0.712. The molecule has 1 aromatic carbocycles. The summed E-state index contributed by atoms with van der Waals surface area (Å²) in [7, 11) is 0. The molecular weight excluding hydrogens is 294 g/mol. The Balaban J connectivity index is 2.32. The van der Waals surface area contributed by atoms with E-state index < -0.39 is 11.8 Å². The quantitative estimate of drug-likeness (QED) is 0.693. The van der Waals surface area contributed by atoms with Crippen molar-refractivity contribution in [2.24, 2.45) is 0 Å². The molecule has 6 nitrogen and oxygen atoms in total.